The lowest BCUT2D eigenvalue weighted by molar-refractivity contribution is 0.415. The van der Waals surface area contributed by atoms with Crippen LogP contribution in [0.25, 0.3) is 22.6 Å². The molecule has 0 spiro atoms. The van der Waals surface area contributed by atoms with Gasteiger partial charge < -0.3 is 4.74 Å². The Balaban J connectivity index is 2.06. The summed E-state index contributed by atoms with van der Waals surface area (Å²) in [6, 6.07) is 16.7. The lowest BCUT2D eigenvalue weighted by atomic mass is 10.1. The average molecular weight is 331 g/mol. The first-order valence-corrected chi connectivity index (χ1v) is 7.36. The molecule has 0 aliphatic rings. The molecule has 110 valence electrons. The smallest absolute Gasteiger partial charge is 0.161 e. The molecular weight excluding hydrogens is 319 g/mol. The summed E-state index contributed by atoms with van der Waals surface area (Å²) in [5.74, 6) is 1.33. The van der Waals surface area contributed by atoms with Gasteiger partial charge in [0.2, 0.25) is 0 Å². The molecule has 0 aliphatic carbocycles. The van der Waals surface area contributed by atoms with Crippen LogP contribution in [0.5, 0.6) is 5.75 Å². The molecular formula is C17H12Cl2N2O. The fourth-order valence-corrected chi connectivity index (χ4v) is 2.46. The summed E-state index contributed by atoms with van der Waals surface area (Å²) in [5, 5.41) is 1.02. The van der Waals surface area contributed by atoms with Gasteiger partial charge in [-0.05, 0) is 36.4 Å². The highest BCUT2D eigenvalue weighted by molar-refractivity contribution is 6.31. The summed E-state index contributed by atoms with van der Waals surface area (Å²) in [4.78, 5) is 8.85. The Hall–Kier alpha value is -2.10. The van der Waals surface area contributed by atoms with Gasteiger partial charge in [0, 0.05) is 22.2 Å². The maximum atomic E-state index is 6.14. The molecule has 0 atom stereocenters. The van der Waals surface area contributed by atoms with E-state index in [0.717, 1.165) is 22.6 Å². The summed E-state index contributed by atoms with van der Waals surface area (Å²) in [6.45, 7) is 0. The highest BCUT2D eigenvalue weighted by atomic mass is 35.5. The molecule has 1 aromatic heterocycles. The SMILES string of the molecule is COc1ccc(-c2cc(Cl)nc(-c3cccc(Cl)c3)n2)cc1. The topological polar surface area (TPSA) is 35.0 Å². The number of hydrogen-bond donors (Lipinski definition) is 0. The van der Waals surface area contributed by atoms with Gasteiger partial charge in [-0.25, -0.2) is 9.97 Å². The van der Waals surface area contributed by atoms with E-state index in [1.165, 1.54) is 0 Å². The van der Waals surface area contributed by atoms with Crippen LogP contribution in [-0.2, 0) is 0 Å². The van der Waals surface area contributed by atoms with Crippen molar-refractivity contribution in [2.75, 3.05) is 7.11 Å². The molecule has 0 radical (unpaired) electrons. The van der Waals surface area contributed by atoms with Crippen LogP contribution in [0.3, 0.4) is 0 Å². The summed E-state index contributed by atoms with van der Waals surface area (Å²) in [6.07, 6.45) is 0. The Morgan fingerprint density at radius 1 is 0.864 bits per heavy atom. The number of benzene rings is 2. The Labute approximate surface area is 138 Å². The summed E-state index contributed by atoms with van der Waals surface area (Å²) in [7, 11) is 1.63. The normalized spacial score (nSPS) is 10.5. The predicted octanol–water partition coefficient (Wildman–Crippen LogP) is 5.13. The molecule has 0 amide bonds. The van der Waals surface area contributed by atoms with Crippen LogP contribution < -0.4 is 4.74 Å². The average Bonchev–Trinajstić information content (AvgIpc) is 2.54. The van der Waals surface area contributed by atoms with Gasteiger partial charge in [-0.15, -0.1) is 0 Å². The molecule has 0 saturated heterocycles. The summed E-state index contributed by atoms with van der Waals surface area (Å²) in [5.41, 5.74) is 2.51. The predicted molar refractivity (Wildman–Crippen MR) is 89.5 cm³/mol. The highest BCUT2D eigenvalue weighted by Crippen LogP contribution is 2.26. The second-order valence-corrected chi connectivity index (χ2v) is 5.46. The van der Waals surface area contributed by atoms with Crippen molar-refractivity contribution in [3.63, 3.8) is 0 Å². The van der Waals surface area contributed by atoms with Crippen LogP contribution >= 0.6 is 23.2 Å². The Bertz CT molecular complexity index is 804. The van der Waals surface area contributed by atoms with Gasteiger partial charge in [0.1, 0.15) is 10.9 Å². The Morgan fingerprint density at radius 3 is 2.32 bits per heavy atom. The number of aromatic nitrogens is 2. The molecule has 3 rings (SSSR count). The van der Waals surface area contributed by atoms with Gasteiger partial charge in [-0.1, -0.05) is 35.3 Å². The lowest BCUT2D eigenvalue weighted by Crippen LogP contribution is -1.93. The van der Waals surface area contributed by atoms with E-state index < -0.39 is 0 Å². The molecule has 3 nitrogen and oxygen atoms in total. The van der Waals surface area contributed by atoms with E-state index in [9.17, 15) is 0 Å². The molecule has 0 aliphatic heterocycles. The molecule has 0 saturated carbocycles. The molecule has 0 unspecified atom stereocenters. The van der Waals surface area contributed by atoms with E-state index in [2.05, 4.69) is 9.97 Å². The maximum Gasteiger partial charge on any atom is 0.161 e. The van der Waals surface area contributed by atoms with Crippen LogP contribution in [0.15, 0.2) is 54.6 Å². The molecule has 0 N–H and O–H groups in total. The fraction of sp³-hybridized carbons (Fsp3) is 0.0588. The summed E-state index contributed by atoms with van der Waals surface area (Å²) < 4.78 is 5.16. The second kappa shape index (κ2) is 6.34. The molecule has 22 heavy (non-hydrogen) atoms. The van der Waals surface area contributed by atoms with E-state index >= 15 is 0 Å². The molecule has 0 fully saturated rings. The molecule has 2 aromatic carbocycles. The van der Waals surface area contributed by atoms with E-state index in [4.69, 9.17) is 27.9 Å². The van der Waals surface area contributed by atoms with Crippen LogP contribution in [0.2, 0.25) is 10.2 Å². The highest BCUT2D eigenvalue weighted by Gasteiger charge is 2.08. The van der Waals surface area contributed by atoms with E-state index in [1.807, 2.05) is 42.5 Å². The molecule has 1 heterocycles. The van der Waals surface area contributed by atoms with Gasteiger partial charge in [0.15, 0.2) is 5.82 Å². The zero-order valence-electron chi connectivity index (χ0n) is 11.8. The fourth-order valence-electron chi connectivity index (χ4n) is 2.08. The minimum Gasteiger partial charge on any atom is -0.497 e. The van der Waals surface area contributed by atoms with Crippen molar-refractivity contribution in [3.8, 4) is 28.4 Å². The van der Waals surface area contributed by atoms with Crippen molar-refractivity contribution < 1.29 is 4.74 Å². The molecule has 3 aromatic rings. The van der Waals surface area contributed by atoms with Gasteiger partial charge in [-0.3, -0.25) is 0 Å². The third-order valence-corrected chi connectivity index (χ3v) is 3.59. The zero-order valence-corrected chi connectivity index (χ0v) is 13.3. The number of nitrogens with zero attached hydrogens (tertiary/aromatic N) is 2. The van der Waals surface area contributed by atoms with Crippen molar-refractivity contribution in [1.82, 2.24) is 9.97 Å². The first kappa shape index (κ1) is 14.8. The summed E-state index contributed by atoms with van der Waals surface area (Å²) >= 11 is 12.2. The lowest BCUT2D eigenvalue weighted by Gasteiger charge is -2.07. The second-order valence-electron chi connectivity index (χ2n) is 4.64. The number of hydrogen-bond acceptors (Lipinski definition) is 3. The van der Waals surface area contributed by atoms with Crippen LogP contribution in [-0.4, -0.2) is 17.1 Å². The van der Waals surface area contributed by atoms with Gasteiger partial charge in [0.25, 0.3) is 0 Å². The minimum atomic E-state index is 0.385. The third kappa shape index (κ3) is 3.21. The standard InChI is InChI=1S/C17H12Cl2N2O/c1-22-14-7-5-11(6-8-14)15-10-16(19)21-17(20-15)12-3-2-4-13(18)9-12/h2-10H,1H3. The number of halogens is 2. The van der Waals surface area contributed by atoms with Crippen molar-refractivity contribution in [3.05, 3.63) is 64.8 Å². The van der Waals surface area contributed by atoms with Gasteiger partial charge >= 0.3 is 0 Å². The molecule has 0 bridgehead atoms. The van der Waals surface area contributed by atoms with Crippen LogP contribution in [0.4, 0.5) is 0 Å². The van der Waals surface area contributed by atoms with Crippen LogP contribution in [0, 0.1) is 0 Å². The van der Waals surface area contributed by atoms with Crippen molar-refractivity contribution in [1.29, 1.82) is 0 Å². The maximum absolute atomic E-state index is 6.14. The van der Waals surface area contributed by atoms with E-state index in [0.29, 0.717) is 16.0 Å². The monoisotopic (exact) mass is 330 g/mol. The minimum absolute atomic E-state index is 0.385. The van der Waals surface area contributed by atoms with Gasteiger partial charge in [0.05, 0.1) is 12.8 Å². The first-order chi connectivity index (χ1) is 10.7. The molecule has 5 heteroatoms. The zero-order chi connectivity index (χ0) is 15.5. The Morgan fingerprint density at radius 2 is 1.64 bits per heavy atom. The van der Waals surface area contributed by atoms with E-state index in [-0.39, 0.29) is 0 Å². The largest absolute Gasteiger partial charge is 0.497 e. The van der Waals surface area contributed by atoms with Gasteiger partial charge in [-0.2, -0.15) is 0 Å². The number of ether oxygens (including phenoxy) is 1. The third-order valence-electron chi connectivity index (χ3n) is 3.16. The number of rotatable bonds is 3. The van der Waals surface area contributed by atoms with Crippen molar-refractivity contribution in [2.24, 2.45) is 0 Å². The Kier molecular flexibility index (Phi) is 4.27. The van der Waals surface area contributed by atoms with E-state index in [1.54, 1.807) is 19.2 Å². The first-order valence-electron chi connectivity index (χ1n) is 6.60. The quantitative estimate of drug-likeness (QED) is 0.624. The van der Waals surface area contributed by atoms with Crippen LogP contribution in [0.1, 0.15) is 0 Å². The van der Waals surface area contributed by atoms with Crippen molar-refractivity contribution in [2.45, 2.75) is 0 Å². The van der Waals surface area contributed by atoms with Crippen molar-refractivity contribution >= 4 is 23.2 Å². The number of methoxy groups -OCH3 is 1.